The number of hydrogen-bond acceptors (Lipinski definition) is 5. The first-order valence-electron chi connectivity index (χ1n) is 9.04. The summed E-state index contributed by atoms with van der Waals surface area (Å²) in [6.45, 7) is 11.1. The van der Waals surface area contributed by atoms with Crippen molar-refractivity contribution in [2.24, 2.45) is 0 Å². The predicted molar refractivity (Wildman–Crippen MR) is 122 cm³/mol. The van der Waals surface area contributed by atoms with E-state index in [1.807, 2.05) is 12.1 Å². The molecule has 1 N–H and O–H groups in total. The summed E-state index contributed by atoms with van der Waals surface area (Å²) in [5, 5.41) is 0. The van der Waals surface area contributed by atoms with Gasteiger partial charge in [-0.3, -0.25) is 4.72 Å². The van der Waals surface area contributed by atoms with Crippen molar-refractivity contribution in [1.29, 1.82) is 0 Å². The van der Waals surface area contributed by atoms with Gasteiger partial charge < -0.3 is 0 Å². The summed E-state index contributed by atoms with van der Waals surface area (Å²) in [6, 6.07) is 10.0. The zero-order valence-corrected chi connectivity index (χ0v) is 19.5. The number of rotatable bonds is 5. The predicted octanol–water partition coefficient (Wildman–Crippen LogP) is 5.87. The number of aryl methyl sites for hydroxylation is 2. The lowest BCUT2D eigenvalue weighted by Crippen LogP contribution is -2.12. The van der Waals surface area contributed by atoms with Gasteiger partial charge in [0.25, 0.3) is 0 Å². The van der Waals surface area contributed by atoms with E-state index >= 15 is 0 Å². The number of hydrogen-bond donors (Lipinski definition) is 1. The van der Waals surface area contributed by atoms with Crippen LogP contribution in [0.2, 0.25) is 0 Å². The normalized spacial score (nSPS) is 12.5. The van der Waals surface area contributed by atoms with E-state index in [0.717, 1.165) is 26.6 Å². The van der Waals surface area contributed by atoms with Crippen molar-refractivity contribution < 1.29 is 8.42 Å². The maximum Gasteiger partial charge on any atom is 0.229 e. The molecule has 0 saturated carbocycles. The van der Waals surface area contributed by atoms with Gasteiger partial charge in [-0.05, 0) is 59.7 Å². The van der Waals surface area contributed by atoms with Crippen LogP contribution in [0, 0.1) is 13.8 Å². The zero-order valence-electron chi connectivity index (χ0n) is 17.1. The van der Waals surface area contributed by atoms with Crippen molar-refractivity contribution >= 4 is 49.0 Å². The highest BCUT2D eigenvalue weighted by Gasteiger charge is 2.17. The average Bonchev–Trinajstić information content (AvgIpc) is 2.93. The third kappa shape index (κ3) is 5.07. The lowest BCUT2D eigenvalue weighted by Gasteiger charge is -2.22. The molecule has 4 nitrogen and oxygen atoms in total. The van der Waals surface area contributed by atoms with Gasteiger partial charge in [0.15, 0.2) is 4.34 Å². The van der Waals surface area contributed by atoms with Gasteiger partial charge in [-0.15, -0.1) is 11.3 Å². The number of sulfonamides is 1. The van der Waals surface area contributed by atoms with Gasteiger partial charge in [-0.25, -0.2) is 13.4 Å². The monoisotopic (exact) mass is 434 g/mol. The fraction of sp³-hybridized carbons (Fsp3) is 0.381. The van der Waals surface area contributed by atoms with Crippen LogP contribution in [0.5, 0.6) is 0 Å². The molecule has 0 unspecified atom stereocenters. The van der Waals surface area contributed by atoms with Crippen LogP contribution >= 0.6 is 23.1 Å². The van der Waals surface area contributed by atoms with Crippen molar-refractivity contribution in [2.75, 3.05) is 11.0 Å². The molecule has 1 heterocycles. The van der Waals surface area contributed by atoms with Gasteiger partial charge in [0.05, 0.1) is 22.2 Å². The molecule has 0 aliphatic rings. The van der Waals surface area contributed by atoms with Gasteiger partial charge in [0, 0.05) is 5.75 Å². The van der Waals surface area contributed by atoms with Crippen LogP contribution in [0.4, 0.5) is 5.69 Å². The Balaban J connectivity index is 1.80. The van der Waals surface area contributed by atoms with Crippen molar-refractivity contribution in [3.8, 4) is 0 Å². The fourth-order valence-electron chi connectivity index (χ4n) is 3.03. The number of nitrogens with zero attached hydrogens (tertiary/aromatic N) is 1. The molecule has 2 aromatic carbocycles. The Morgan fingerprint density at radius 2 is 1.75 bits per heavy atom. The average molecular weight is 435 g/mol. The first kappa shape index (κ1) is 21.1. The van der Waals surface area contributed by atoms with Crippen LogP contribution in [0.25, 0.3) is 10.2 Å². The van der Waals surface area contributed by atoms with Crippen LogP contribution in [0.3, 0.4) is 0 Å². The van der Waals surface area contributed by atoms with E-state index in [1.165, 1.54) is 22.3 Å². The molecule has 0 saturated heterocycles. The summed E-state index contributed by atoms with van der Waals surface area (Å²) in [5.41, 5.74) is 6.96. The minimum absolute atomic E-state index is 0.145. The molecular formula is C21H26N2O2S3. The first-order chi connectivity index (χ1) is 12.9. The molecule has 150 valence electrons. The number of nitrogens with one attached hydrogen (secondary N) is 1. The van der Waals surface area contributed by atoms with Crippen molar-refractivity contribution in [3.05, 3.63) is 52.6 Å². The van der Waals surface area contributed by atoms with Gasteiger partial charge in [0.1, 0.15) is 0 Å². The largest absolute Gasteiger partial charge is 0.284 e. The van der Waals surface area contributed by atoms with Crippen LogP contribution in [-0.2, 0) is 21.2 Å². The summed E-state index contributed by atoms with van der Waals surface area (Å²) in [5.74, 6) is 0.871. The molecule has 0 aliphatic heterocycles. The Labute approximate surface area is 175 Å². The van der Waals surface area contributed by atoms with E-state index in [9.17, 15) is 8.42 Å². The van der Waals surface area contributed by atoms with E-state index in [1.54, 1.807) is 29.2 Å². The second-order valence-electron chi connectivity index (χ2n) is 8.16. The molecule has 0 radical (unpaired) electrons. The minimum Gasteiger partial charge on any atom is -0.284 e. The lowest BCUT2D eigenvalue weighted by atomic mass is 9.84. The Bertz CT molecular complexity index is 1100. The molecule has 0 amide bonds. The van der Waals surface area contributed by atoms with Crippen LogP contribution in [0.1, 0.15) is 43.0 Å². The minimum atomic E-state index is -3.28. The molecule has 0 atom stereocenters. The third-order valence-corrected chi connectivity index (χ3v) is 7.37. The zero-order chi connectivity index (χ0) is 20.7. The van der Waals surface area contributed by atoms with Crippen molar-refractivity contribution in [3.63, 3.8) is 0 Å². The number of thioether (sulfide) groups is 1. The number of benzene rings is 2. The number of thiazole rings is 1. The maximum atomic E-state index is 11.4. The summed E-state index contributed by atoms with van der Waals surface area (Å²) in [7, 11) is -3.28. The first-order valence-corrected chi connectivity index (χ1v) is 12.7. The van der Waals surface area contributed by atoms with E-state index in [-0.39, 0.29) is 5.41 Å². The van der Waals surface area contributed by atoms with E-state index in [4.69, 9.17) is 0 Å². The highest BCUT2D eigenvalue weighted by atomic mass is 32.2. The Hall–Kier alpha value is -1.57. The summed E-state index contributed by atoms with van der Waals surface area (Å²) < 4.78 is 27.3. The quantitative estimate of drug-likeness (QED) is 0.510. The van der Waals surface area contributed by atoms with Crippen LogP contribution in [-0.4, -0.2) is 19.7 Å². The maximum absolute atomic E-state index is 11.4. The standard InChI is InChI=1S/C21H26N2O2S3/c1-13-9-15(21(3,4)5)10-14(2)17(13)12-26-20-22-18-8-7-16(11-19(18)27-20)23-28(6,24)25/h7-11,23H,12H2,1-6H3. The van der Waals surface area contributed by atoms with Crippen LogP contribution in [0.15, 0.2) is 34.7 Å². The van der Waals surface area contributed by atoms with Crippen molar-refractivity contribution in [2.45, 2.75) is 50.1 Å². The Morgan fingerprint density at radius 1 is 1.11 bits per heavy atom. The molecule has 0 fully saturated rings. The Kier molecular flexibility index (Phi) is 5.81. The molecule has 3 rings (SSSR count). The summed E-state index contributed by atoms with van der Waals surface area (Å²) in [6.07, 6.45) is 1.15. The molecule has 1 aromatic heterocycles. The van der Waals surface area contributed by atoms with Crippen molar-refractivity contribution in [1.82, 2.24) is 4.98 Å². The van der Waals surface area contributed by atoms with Gasteiger partial charge in [-0.2, -0.15) is 0 Å². The topological polar surface area (TPSA) is 59.1 Å². The number of fused-ring (bicyclic) bond motifs is 1. The second-order valence-corrected chi connectivity index (χ2v) is 12.2. The highest BCUT2D eigenvalue weighted by molar-refractivity contribution is 8.00. The van der Waals surface area contributed by atoms with Gasteiger partial charge in [0.2, 0.25) is 10.0 Å². The third-order valence-electron chi connectivity index (χ3n) is 4.57. The fourth-order valence-corrected chi connectivity index (χ4v) is 5.89. The number of aromatic nitrogens is 1. The summed E-state index contributed by atoms with van der Waals surface area (Å²) >= 11 is 3.32. The summed E-state index contributed by atoms with van der Waals surface area (Å²) in [4.78, 5) is 4.69. The second kappa shape index (κ2) is 7.69. The van der Waals surface area contributed by atoms with Crippen LogP contribution < -0.4 is 4.72 Å². The smallest absolute Gasteiger partial charge is 0.229 e. The van der Waals surface area contributed by atoms with E-state index in [2.05, 4.69) is 56.5 Å². The molecule has 0 bridgehead atoms. The van der Waals surface area contributed by atoms with Gasteiger partial charge in [-0.1, -0.05) is 44.7 Å². The SMILES string of the molecule is Cc1cc(C(C)(C)C)cc(C)c1CSc1nc2ccc(NS(C)(=O)=O)cc2s1. The molecule has 28 heavy (non-hydrogen) atoms. The molecule has 0 aliphatic carbocycles. The molecule has 3 aromatic rings. The molecular weight excluding hydrogens is 408 g/mol. The highest BCUT2D eigenvalue weighted by Crippen LogP contribution is 2.35. The van der Waals surface area contributed by atoms with E-state index in [0.29, 0.717) is 5.69 Å². The Morgan fingerprint density at radius 3 is 2.32 bits per heavy atom. The van der Waals surface area contributed by atoms with E-state index < -0.39 is 10.0 Å². The molecule has 0 spiro atoms. The van der Waals surface area contributed by atoms with Gasteiger partial charge >= 0.3 is 0 Å². The lowest BCUT2D eigenvalue weighted by molar-refractivity contribution is 0.589. The molecule has 7 heteroatoms. The number of anilines is 1.